The Balaban J connectivity index is 2.22. The van der Waals surface area contributed by atoms with Crippen molar-refractivity contribution in [2.75, 3.05) is 13.1 Å². The van der Waals surface area contributed by atoms with E-state index in [1.165, 1.54) is 12.1 Å². The molecular weight excluding hydrogens is 250 g/mol. The normalized spacial score (nSPS) is 19.6. The van der Waals surface area contributed by atoms with Gasteiger partial charge in [-0.15, -0.1) is 0 Å². The Hall–Kier alpha value is -1.30. The van der Waals surface area contributed by atoms with Gasteiger partial charge in [-0.2, -0.15) is 13.2 Å². The first-order valence-electron chi connectivity index (χ1n) is 5.65. The van der Waals surface area contributed by atoms with Gasteiger partial charge in [0, 0.05) is 12.8 Å². The van der Waals surface area contributed by atoms with Crippen LogP contribution in [0.15, 0.2) is 24.3 Å². The van der Waals surface area contributed by atoms with Crippen LogP contribution in [0.5, 0.6) is 5.75 Å². The maximum absolute atomic E-state index is 13.1. The average molecular weight is 263 g/mol. The van der Waals surface area contributed by atoms with Crippen LogP contribution < -0.4 is 10.1 Å². The minimum Gasteiger partial charge on any atom is -0.478 e. The number of hydrogen-bond acceptors (Lipinski definition) is 2. The highest BCUT2D eigenvalue weighted by Gasteiger charge is 2.57. The maximum atomic E-state index is 13.1. The highest BCUT2D eigenvalue weighted by atomic mass is 19.4. The summed E-state index contributed by atoms with van der Waals surface area (Å²) in [5.41, 5.74) is -2.17. The SMILES string of the molecule is Fc1ccc(OC2(C(F)(F)F)CCNCC2)cc1. The van der Waals surface area contributed by atoms with E-state index < -0.39 is 17.6 Å². The fourth-order valence-electron chi connectivity index (χ4n) is 2.00. The summed E-state index contributed by atoms with van der Waals surface area (Å²) in [6, 6.07) is 4.59. The lowest BCUT2D eigenvalue weighted by molar-refractivity contribution is -0.256. The molecule has 18 heavy (non-hydrogen) atoms. The summed E-state index contributed by atoms with van der Waals surface area (Å²) in [6.07, 6.45) is -4.73. The molecule has 0 spiro atoms. The molecule has 0 radical (unpaired) electrons. The van der Waals surface area contributed by atoms with E-state index in [2.05, 4.69) is 5.32 Å². The predicted molar refractivity (Wildman–Crippen MR) is 57.9 cm³/mol. The third-order valence-corrected chi connectivity index (χ3v) is 3.05. The Morgan fingerprint density at radius 2 is 1.61 bits per heavy atom. The molecule has 0 saturated carbocycles. The maximum Gasteiger partial charge on any atom is 0.428 e. The summed E-state index contributed by atoms with van der Waals surface area (Å²) in [5, 5.41) is 2.87. The molecule has 0 bridgehead atoms. The molecule has 6 heteroatoms. The van der Waals surface area contributed by atoms with Gasteiger partial charge in [-0.25, -0.2) is 4.39 Å². The Bertz CT molecular complexity index is 396. The molecular formula is C12H13F4NO. The highest BCUT2D eigenvalue weighted by molar-refractivity contribution is 5.23. The second-order valence-electron chi connectivity index (χ2n) is 4.30. The summed E-state index contributed by atoms with van der Waals surface area (Å²) < 4.78 is 57.2. The molecule has 2 nitrogen and oxygen atoms in total. The van der Waals surface area contributed by atoms with Crippen molar-refractivity contribution in [3.63, 3.8) is 0 Å². The van der Waals surface area contributed by atoms with E-state index in [9.17, 15) is 17.6 Å². The highest BCUT2D eigenvalue weighted by Crippen LogP contribution is 2.40. The molecule has 1 fully saturated rings. The third kappa shape index (κ3) is 2.58. The largest absolute Gasteiger partial charge is 0.478 e. The standard InChI is InChI=1S/C12H13F4NO/c13-9-1-3-10(4-2-9)18-11(12(14,15)16)5-7-17-8-6-11/h1-4,17H,5-8H2. The van der Waals surface area contributed by atoms with Crippen LogP contribution in [-0.4, -0.2) is 24.9 Å². The van der Waals surface area contributed by atoms with E-state index in [1.54, 1.807) is 0 Å². The van der Waals surface area contributed by atoms with Gasteiger partial charge in [-0.05, 0) is 37.4 Å². The number of hydrogen-bond donors (Lipinski definition) is 1. The molecule has 0 atom stereocenters. The van der Waals surface area contributed by atoms with Crippen molar-refractivity contribution in [1.82, 2.24) is 5.32 Å². The van der Waals surface area contributed by atoms with Gasteiger partial charge in [0.25, 0.3) is 0 Å². The number of nitrogens with one attached hydrogen (secondary N) is 1. The van der Waals surface area contributed by atoms with Crippen molar-refractivity contribution < 1.29 is 22.3 Å². The van der Waals surface area contributed by atoms with Crippen LogP contribution in [0.3, 0.4) is 0 Å². The van der Waals surface area contributed by atoms with Crippen LogP contribution in [-0.2, 0) is 0 Å². The number of halogens is 4. The molecule has 0 aromatic heterocycles. The molecule has 100 valence electrons. The summed E-state index contributed by atoms with van der Waals surface area (Å²) in [7, 11) is 0. The molecule has 0 amide bonds. The van der Waals surface area contributed by atoms with Gasteiger partial charge in [-0.3, -0.25) is 0 Å². The molecule has 0 unspecified atom stereocenters. The summed E-state index contributed by atoms with van der Waals surface area (Å²) in [4.78, 5) is 0. The zero-order valence-electron chi connectivity index (χ0n) is 9.56. The number of benzene rings is 1. The topological polar surface area (TPSA) is 21.3 Å². The summed E-state index contributed by atoms with van der Waals surface area (Å²) in [5.74, 6) is -0.468. The Morgan fingerprint density at radius 3 is 2.11 bits per heavy atom. The first-order chi connectivity index (χ1) is 8.43. The van der Waals surface area contributed by atoms with E-state index in [4.69, 9.17) is 4.74 Å². The van der Waals surface area contributed by atoms with E-state index in [1.807, 2.05) is 0 Å². The molecule has 1 aliphatic heterocycles. The average Bonchev–Trinajstić information content (AvgIpc) is 2.32. The Morgan fingerprint density at radius 1 is 1.06 bits per heavy atom. The number of rotatable bonds is 2. The van der Waals surface area contributed by atoms with Crippen LogP contribution in [0.4, 0.5) is 17.6 Å². The fourth-order valence-corrected chi connectivity index (χ4v) is 2.00. The zero-order chi connectivity index (χ0) is 13.2. The number of alkyl halides is 3. The molecule has 1 aromatic rings. The molecule has 1 aliphatic rings. The van der Waals surface area contributed by atoms with Crippen LogP contribution in [0.25, 0.3) is 0 Å². The predicted octanol–water partition coefficient (Wildman–Crippen LogP) is 2.89. The molecule has 1 heterocycles. The van der Waals surface area contributed by atoms with Crippen LogP contribution >= 0.6 is 0 Å². The van der Waals surface area contributed by atoms with Gasteiger partial charge in [0.15, 0.2) is 0 Å². The third-order valence-electron chi connectivity index (χ3n) is 3.05. The summed E-state index contributed by atoms with van der Waals surface area (Å²) >= 11 is 0. The monoisotopic (exact) mass is 263 g/mol. The van der Waals surface area contributed by atoms with Crippen molar-refractivity contribution in [3.05, 3.63) is 30.1 Å². The van der Waals surface area contributed by atoms with Gasteiger partial charge in [0.05, 0.1) is 0 Å². The Kier molecular flexibility index (Phi) is 3.47. The van der Waals surface area contributed by atoms with Crippen LogP contribution in [0.1, 0.15) is 12.8 Å². The number of piperidine rings is 1. The molecule has 1 aromatic carbocycles. The lowest BCUT2D eigenvalue weighted by atomic mass is 9.91. The van der Waals surface area contributed by atoms with Gasteiger partial charge in [-0.1, -0.05) is 0 Å². The van der Waals surface area contributed by atoms with Crippen molar-refractivity contribution in [3.8, 4) is 5.75 Å². The first-order valence-corrected chi connectivity index (χ1v) is 5.65. The van der Waals surface area contributed by atoms with Crippen LogP contribution in [0.2, 0.25) is 0 Å². The van der Waals surface area contributed by atoms with E-state index >= 15 is 0 Å². The quantitative estimate of drug-likeness (QED) is 0.828. The van der Waals surface area contributed by atoms with Crippen molar-refractivity contribution in [1.29, 1.82) is 0 Å². The second-order valence-corrected chi connectivity index (χ2v) is 4.30. The smallest absolute Gasteiger partial charge is 0.428 e. The minimum absolute atomic E-state index is 0.0376. The lowest BCUT2D eigenvalue weighted by Gasteiger charge is -2.39. The van der Waals surface area contributed by atoms with Gasteiger partial charge < -0.3 is 10.1 Å². The fraction of sp³-hybridized carbons (Fsp3) is 0.500. The molecule has 2 rings (SSSR count). The van der Waals surface area contributed by atoms with E-state index in [0.29, 0.717) is 0 Å². The molecule has 1 N–H and O–H groups in total. The van der Waals surface area contributed by atoms with E-state index in [0.717, 1.165) is 12.1 Å². The van der Waals surface area contributed by atoms with Gasteiger partial charge in [0.2, 0.25) is 5.60 Å². The lowest BCUT2D eigenvalue weighted by Crippen LogP contribution is -2.56. The Labute approximate surface area is 102 Å². The van der Waals surface area contributed by atoms with Crippen molar-refractivity contribution >= 4 is 0 Å². The minimum atomic E-state index is -4.44. The zero-order valence-corrected chi connectivity index (χ0v) is 9.56. The van der Waals surface area contributed by atoms with Crippen LogP contribution in [0, 0.1) is 5.82 Å². The van der Waals surface area contributed by atoms with E-state index in [-0.39, 0.29) is 31.7 Å². The van der Waals surface area contributed by atoms with Crippen molar-refractivity contribution in [2.24, 2.45) is 0 Å². The molecule has 1 saturated heterocycles. The van der Waals surface area contributed by atoms with Gasteiger partial charge in [0.1, 0.15) is 11.6 Å². The van der Waals surface area contributed by atoms with Crippen molar-refractivity contribution in [2.45, 2.75) is 24.6 Å². The first kappa shape index (κ1) is 13.1. The summed E-state index contributed by atoms with van der Waals surface area (Å²) in [6.45, 7) is 0.501. The molecule has 0 aliphatic carbocycles. The number of ether oxygens (including phenoxy) is 1. The van der Waals surface area contributed by atoms with Gasteiger partial charge >= 0.3 is 6.18 Å². The second kappa shape index (κ2) is 4.76.